The number of nitriles is 1. The van der Waals surface area contributed by atoms with E-state index in [1.807, 2.05) is 36.4 Å². The Morgan fingerprint density at radius 1 is 0.591 bits per heavy atom. The topological polar surface area (TPSA) is 71.8 Å². The van der Waals surface area contributed by atoms with Gasteiger partial charge < -0.3 is 4.40 Å². The first-order valence-corrected chi connectivity index (χ1v) is 14.5. The molecule has 0 spiro atoms. The predicted molar refractivity (Wildman–Crippen MR) is 176 cm³/mol. The van der Waals surface area contributed by atoms with Gasteiger partial charge in [-0.05, 0) is 48.5 Å². The van der Waals surface area contributed by atoms with Crippen molar-refractivity contribution >= 4 is 70.9 Å². The summed E-state index contributed by atoms with van der Waals surface area (Å²) in [7, 11) is 0. The van der Waals surface area contributed by atoms with Crippen LogP contribution in [0, 0.1) is 11.3 Å². The lowest BCUT2D eigenvalue weighted by Crippen LogP contribution is -2.04. The summed E-state index contributed by atoms with van der Waals surface area (Å²) < 4.78 is 4.63. The van der Waals surface area contributed by atoms with Crippen LogP contribution >= 0.6 is 0 Å². The van der Waals surface area contributed by atoms with Crippen molar-refractivity contribution in [2.24, 2.45) is 0 Å². The van der Waals surface area contributed by atoms with Gasteiger partial charge in [-0.25, -0.2) is 9.97 Å². The highest BCUT2D eigenvalue weighted by Crippen LogP contribution is 2.46. The molecule has 0 aliphatic rings. The van der Waals surface area contributed by atoms with Crippen LogP contribution in [0.25, 0.3) is 88.1 Å². The van der Waals surface area contributed by atoms with Crippen molar-refractivity contribution in [1.29, 1.82) is 5.26 Å². The number of hydrogen-bond donors (Lipinski definition) is 0. The summed E-state index contributed by atoms with van der Waals surface area (Å²) in [5, 5.41) is 16.6. The average Bonchev–Trinajstić information content (AvgIpc) is 3.72. The number of pyridine rings is 1. The van der Waals surface area contributed by atoms with Crippen LogP contribution in [-0.4, -0.2) is 23.9 Å². The number of aromatic nitrogens is 5. The zero-order valence-corrected chi connectivity index (χ0v) is 23.2. The average molecular weight is 561 g/mol. The van der Waals surface area contributed by atoms with Gasteiger partial charge in [0.2, 0.25) is 5.95 Å². The molecule has 5 aromatic carbocycles. The predicted octanol–water partition coefficient (Wildman–Crippen LogP) is 8.81. The zero-order chi connectivity index (χ0) is 28.9. The third-order valence-corrected chi connectivity index (χ3v) is 8.93. The second-order valence-electron chi connectivity index (χ2n) is 11.2. The molecule has 44 heavy (non-hydrogen) atoms. The Morgan fingerprint density at radius 2 is 1.25 bits per heavy atom. The monoisotopic (exact) mass is 560 g/mol. The molecule has 10 aromatic rings. The Hall–Kier alpha value is -6.32. The van der Waals surface area contributed by atoms with E-state index >= 15 is 0 Å². The number of benzene rings is 5. The first-order chi connectivity index (χ1) is 21.8. The van der Waals surface area contributed by atoms with Gasteiger partial charge >= 0.3 is 0 Å². The highest BCUT2D eigenvalue weighted by atomic mass is 15.2. The third-order valence-electron chi connectivity index (χ3n) is 8.93. The van der Waals surface area contributed by atoms with Crippen LogP contribution in [0.4, 0.5) is 0 Å². The second-order valence-corrected chi connectivity index (χ2v) is 11.2. The molecule has 202 valence electrons. The van der Waals surface area contributed by atoms with E-state index in [0.29, 0.717) is 11.5 Å². The molecule has 0 aliphatic heterocycles. The first kappa shape index (κ1) is 23.3. The summed E-state index contributed by atoms with van der Waals surface area (Å²) in [5.74, 6) is 0.582. The minimum atomic E-state index is 0.582. The summed E-state index contributed by atoms with van der Waals surface area (Å²) >= 11 is 0. The molecular formula is C38H20N6. The molecule has 0 N–H and O–H groups in total. The Kier molecular flexibility index (Phi) is 4.43. The van der Waals surface area contributed by atoms with E-state index in [9.17, 15) is 5.26 Å². The molecule has 0 saturated heterocycles. The Balaban J connectivity index is 1.43. The van der Waals surface area contributed by atoms with Crippen LogP contribution in [0.2, 0.25) is 0 Å². The molecule has 5 heterocycles. The van der Waals surface area contributed by atoms with Gasteiger partial charge in [-0.1, -0.05) is 66.7 Å². The van der Waals surface area contributed by atoms with Gasteiger partial charge in [0, 0.05) is 44.1 Å². The fourth-order valence-corrected chi connectivity index (χ4v) is 7.12. The zero-order valence-electron chi connectivity index (χ0n) is 23.2. The first-order valence-electron chi connectivity index (χ1n) is 14.5. The minimum absolute atomic E-state index is 0.582. The van der Waals surface area contributed by atoms with Crippen LogP contribution in [0.3, 0.4) is 0 Å². The summed E-state index contributed by atoms with van der Waals surface area (Å²) in [6.45, 7) is 0. The molecule has 6 heteroatoms. The minimum Gasteiger partial charge on any atom is -0.308 e. The molecule has 0 amide bonds. The van der Waals surface area contributed by atoms with E-state index in [4.69, 9.17) is 9.97 Å². The lowest BCUT2D eigenvalue weighted by atomic mass is 10.0. The molecule has 0 fully saturated rings. The van der Waals surface area contributed by atoms with Crippen LogP contribution in [-0.2, 0) is 0 Å². The number of fused-ring (bicyclic) bond motifs is 11. The fraction of sp³-hybridized carbons (Fsp3) is 0. The van der Waals surface area contributed by atoms with Crippen molar-refractivity contribution in [2.75, 3.05) is 0 Å². The van der Waals surface area contributed by atoms with Crippen molar-refractivity contribution < 1.29 is 0 Å². The standard InChI is InChI=1S/C38H20N6/c39-21-22-15-17-23(18-16-22)34-35-29(11-7-19-40-35)41-38(42-34)44-31-13-5-2-9-25(31)28-20-27-24-8-1-4-12-30(24)43-32-14-6-3-10-26(32)33(36(27)43)37(28)44/h1-20H. The molecule has 0 unspecified atom stereocenters. The molecule has 6 nitrogen and oxygen atoms in total. The van der Waals surface area contributed by atoms with Gasteiger partial charge in [0.05, 0.1) is 44.7 Å². The molecule has 0 bridgehead atoms. The number of nitrogens with zero attached hydrogens (tertiary/aromatic N) is 6. The molecule has 0 radical (unpaired) electrons. The van der Waals surface area contributed by atoms with Crippen molar-refractivity contribution in [3.05, 3.63) is 127 Å². The summed E-state index contributed by atoms with van der Waals surface area (Å²) in [4.78, 5) is 15.1. The maximum absolute atomic E-state index is 9.39. The smallest absolute Gasteiger partial charge is 0.235 e. The molecule has 5 aromatic heterocycles. The van der Waals surface area contributed by atoms with Crippen molar-refractivity contribution in [2.45, 2.75) is 0 Å². The Labute approximate surface area is 250 Å². The lowest BCUT2D eigenvalue weighted by molar-refractivity contribution is 1.01. The maximum atomic E-state index is 9.39. The van der Waals surface area contributed by atoms with Crippen LogP contribution in [0.1, 0.15) is 5.56 Å². The molecule has 0 saturated carbocycles. The van der Waals surface area contributed by atoms with Gasteiger partial charge in [-0.15, -0.1) is 0 Å². The Bertz CT molecular complexity index is 2830. The fourth-order valence-electron chi connectivity index (χ4n) is 7.12. The van der Waals surface area contributed by atoms with E-state index in [-0.39, 0.29) is 0 Å². The van der Waals surface area contributed by atoms with Crippen molar-refractivity contribution in [3.8, 4) is 23.3 Å². The van der Waals surface area contributed by atoms with Crippen LogP contribution < -0.4 is 0 Å². The van der Waals surface area contributed by atoms with Gasteiger partial charge in [-0.3, -0.25) is 9.55 Å². The SMILES string of the molecule is N#Cc1ccc(-c2nc(-n3c4ccccc4c4cc5c6ccccc6n6c7ccccc7c(c43)c56)nc3cccnc23)cc1. The Morgan fingerprint density at radius 3 is 2.02 bits per heavy atom. The van der Waals surface area contributed by atoms with Gasteiger partial charge in [0.25, 0.3) is 0 Å². The lowest BCUT2D eigenvalue weighted by Gasteiger charge is -2.12. The normalized spacial score (nSPS) is 12.1. The van der Waals surface area contributed by atoms with Gasteiger partial charge in [0.1, 0.15) is 11.2 Å². The van der Waals surface area contributed by atoms with E-state index in [1.54, 1.807) is 6.20 Å². The number of hydrogen-bond acceptors (Lipinski definition) is 4. The molecule has 0 atom stereocenters. The van der Waals surface area contributed by atoms with E-state index in [0.717, 1.165) is 44.1 Å². The maximum Gasteiger partial charge on any atom is 0.235 e. The summed E-state index contributed by atoms with van der Waals surface area (Å²) in [6, 6.07) is 41.8. The highest BCUT2D eigenvalue weighted by Gasteiger charge is 2.25. The largest absolute Gasteiger partial charge is 0.308 e. The molecule has 0 aliphatic carbocycles. The van der Waals surface area contributed by atoms with E-state index in [1.165, 1.54) is 38.1 Å². The summed E-state index contributed by atoms with van der Waals surface area (Å²) in [6.07, 6.45) is 1.77. The van der Waals surface area contributed by atoms with Crippen LogP contribution in [0.15, 0.2) is 121 Å². The third kappa shape index (κ3) is 2.90. The molecular weight excluding hydrogens is 540 g/mol. The van der Waals surface area contributed by atoms with E-state index in [2.05, 4.69) is 98.9 Å². The summed E-state index contributed by atoms with van der Waals surface area (Å²) in [5.41, 5.74) is 9.41. The van der Waals surface area contributed by atoms with Crippen molar-refractivity contribution in [3.63, 3.8) is 0 Å². The van der Waals surface area contributed by atoms with Gasteiger partial charge in [0.15, 0.2) is 0 Å². The highest BCUT2D eigenvalue weighted by molar-refractivity contribution is 6.34. The van der Waals surface area contributed by atoms with Crippen LogP contribution in [0.5, 0.6) is 0 Å². The second kappa shape index (κ2) is 8.37. The molecule has 10 rings (SSSR count). The number of para-hydroxylation sites is 3. The quantitative estimate of drug-likeness (QED) is 0.212. The van der Waals surface area contributed by atoms with Gasteiger partial charge in [-0.2, -0.15) is 5.26 Å². The van der Waals surface area contributed by atoms with E-state index < -0.39 is 0 Å². The van der Waals surface area contributed by atoms with Crippen molar-refractivity contribution in [1.82, 2.24) is 23.9 Å². The number of rotatable bonds is 2.